The number of carboxylic acid groups (broad SMARTS) is 1. The number of amides is 3. The van der Waals surface area contributed by atoms with Gasteiger partial charge in [-0.15, -0.1) is 6.42 Å². The maximum absolute atomic E-state index is 12.1. The van der Waals surface area contributed by atoms with Crippen LogP contribution in [0.25, 0.3) is 0 Å². The third kappa shape index (κ3) is 4.35. The van der Waals surface area contributed by atoms with Crippen molar-refractivity contribution in [2.45, 2.75) is 12.5 Å². The Kier molecular flexibility index (Phi) is 5.65. The number of nitrogens with zero attached hydrogens (tertiary/aromatic N) is 2. The minimum atomic E-state index is -1.13. The summed E-state index contributed by atoms with van der Waals surface area (Å²) in [5, 5.41) is 11.3. The molecule has 0 aliphatic carbocycles. The highest BCUT2D eigenvalue weighted by Crippen LogP contribution is 2.12. The van der Waals surface area contributed by atoms with Gasteiger partial charge in [-0.1, -0.05) is 5.92 Å². The molecule has 1 saturated heterocycles. The number of carbonyl (C=O) groups is 3. The Labute approximate surface area is 116 Å². The van der Waals surface area contributed by atoms with Crippen molar-refractivity contribution >= 4 is 18.1 Å². The first-order valence-corrected chi connectivity index (χ1v) is 6.01. The van der Waals surface area contributed by atoms with Crippen molar-refractivity contribution in [2.24, 2.45) is 0 Å². The molecule has 1 aliphatic heterocycles. The first kappa shape index (κ1) is 15.6. The van der Waals surface area contributed by atoms with Crippen LogP contribution in [0, 0.1) is 12.3 Å². The van der Waals surface area contributed by atoms with E-state index in [0.717, 1.165) is 4.90 Å². The molecule has 0 saturated carbocycles. The molecule has 20 heavy (non-hydrogen) atoms. The fraction of sp³-hybridized carbons (Fsp3) is 0.583. The van der Waals surface area contributed by atoms with Crippen molar-refractivity contribution in [1.29, 1.82) is 0 Å². The van der Waals surface area contributed by atoms with E-state index < -0.39 is 24.6 Å². The summed E-state index contributed by atoms with van der Waals surface area (Å²) in [6, 6.07) is -0.650. The predicted molar refractivity (Wildman–Crippen MR) is 69.0 cm³/mol. The number of alkyl carbamates (subject to hydrolysis) is 1. The topological polar surface area (TPSA) is 99.2 Å². The minimum Gasteiger partial charge on any atom is -0.480 e. The summed E-state index contributed by atoms with van der Waals surface area (Å²) < 4.78 is 4.48. The van der Waals surface area contributed by atoms with Gasteiger partial charge in [0.1, 0.15) is 6.54 Å². The monoisotopic (exact) mass is 283 g/mol. The Hall–Kier alpha value is -2.43. The van der Waals surface area contributed by atoms with Crippen molar-refractivity contribution in [3.63, 3.8) is 0 Å². The van der Waals surface area contributed by atoms with Gasteiger partial charge in [-0.2, -0.15) is 0 Å². The van der Waals surface area contributed by atoms with Crippen LogP contribution >= 0.6 is 0 Å². The Balaban J connectivity index is 2.57. The second-order valence-corrected chi connectivity index (χ2v) is 4.30. The molecule has 1 atom stereocenters. The van der Waals surface area contributed by atoms with Gasteiger partial charge in [0.05, 0.1) is 19.7 Å². The van der Waals surface area contributed by atoms with E-state index in [1.54, 1.807) is 0 Å². The molecule has 8 heteroatoms. The summed E-state index contributed by atoms with van der Waals surface area (Å²) in [4.78, 5) is 36.4. The van der Waals surface area contributed by atoms with Crippen molar-refractivity contribution in [3.05, 3.63) is 0 Å². The molecule has 1 rings (SSSR count). The van der Waals surface area contributed by atoms with Crippen molar-refractivity contribution < 1.29 is 24.2 Å². The number of carboxylic acids is 1. The van der Waals surface area contributed by atoms with Crippen LogP contribution in [0.3, 0.4) is 0 Å². The highest BCUT2D eigenvalue weighted by molar-refractivity contribution is 5.80. The van der Waals surface area contributed by atoms with Crippen LogP contribution in [0.4, 0.5) is 9.59 Å². The molecule has 0 spiro atoms. The number of terminal acetylenes is 1. The number of ether oxygens (including phenoxy) is 1. The third-order valence-electron chi connectivity index (χ3n) is 2.84. The van der Waals surface area contributed by atoms with Gasteiger partial charge >= 0.3 is 18.1 Å². The molecular formula is C12H17N3O5. The molecule has 1 aliphatic rings. The molecule has 1 unspecified atom stereocenters. The summed E-state index contributed by atoms with van der Waals surface area (Å²) in [6.45, 7) is 0.203. The average Bonchev–Trinajstić information content (AvgIpc) is 2.85. The number of urea groups is 1. The number of rotatable bonds is 4. The van der Waals surface area contributed by atoms with Gasteiger partial charge in [-0.25, -0.2) is 9.59 Å². The second kappa shape index (κ2) is 7.23. The van der Waals surface area contributed by atoms with Gasteiger partial charge in [0.25, 0.3) is 0 Å². The normalized spacial score (nSPS) is 17.2. The zero-order valence-electron chi connectivity index (χ0n) is 11.2. The van der Waals surface area contributed by atoms with Gasteiger partial charge in [0.2, 0.25) is 0 Å². The highest BCUT2D eigenvalue weighted by atomic mass is 16.5. The molecule has 0 aromatic rings. The van der Waals surface area contributed by atoms with Crippen molar-refractivity contribution in [2.75, 3.05) is 33.3 Å². The molecule has 2 N–H and O–H groups in total. The Morgan fingerprint density at radius 1 is 1.55 bits per heavy atom. The number of likely N-dealkylation sites (tertiary alicyclic amines) is 1. The lowest BCUT2D eigenvalue weighted by molar-refractivity contribution is -0.137. The van der Waals surface area contributed by atoms with Crippen LogP contribution in [0.2, 0.25) is 0 Å². The molecule has 0 bridgehead atoms. The average molecular weight is 283 g/mol. The first-order chi connectivity index (χ1) is 9.47. The van der Waals surface area contributed by atoms with Crippen LogP contribution in [-0.2, 0) is 9.53 Å². The van der Waals surface area contributed by atoms with E-state index in [1.165, 1.54) is 12.0 Å². The zero-order chi connectivity index (χ0) is 15.1. The molecular weight excluding hydrogens is 266 g/mol. The molecule has 0 aromatic heterocycles. The van der Waals surface area contributed by atoms with E-state index in [9.17, 15) is 14.4 Å². The van der Waals surface area contributed by atoms with E-state index in [-0.39, 0.29) is 12.6 Å². The maximum Gasteiger partial charge on any atom is 0.407 e. The Morgan fingerprint density at radius 3 is 2.80 bits per heavy atom. The lowest BCUT2D eigenvalue weighted by Gasteiger charge is -2.25. The van der Waals surface area contributed by atoms with Crippen LogP contribution in [0.5, 0.6) is 0 Å². The molecule has 3 amide bonds. The zero-order valence-corrected chi connectivity index (χ0v) is 11.2. The smallest absolute Gasteiger partial charge is 0.407 e. The van der Waals surface area contributed by atoms with Crippen LogP contribution in [0.15, 0.2) is 0 Å². The van der Waals surface area contributed by atoms with Gasteiger partial charge in [-0.05, 0) is 6.42 Å². The quantitative estimate of drug-likeness (QED) is 0.681. The largest absolute Gasteiger partial charge is 0.480 e. The molecule has 8 nitrogen and oxygen atoms in total. The van der Waals surface area contributed by atoms with Gasteiger partial charge < -0.3 is 25.0 Å². The molecule has 1 fully saturated rings. The van der Waals surface area contributed by atoms with E-state index >= 15 is 0 Å². The van der Waals surface area contributed by atoms with Crippen LogP contribution < -0.4 is 5.32 Å². The number of hydrogen-bond donors (Lipinski definition) is 2. The SMILES string of the molecule is C#CCN(CC(=O)O)C(=O)N1CCC(NC(=O)OC)C1. The standard InChI is InChI=1S/C12H17N3O5/c1-3-5-14(8-10(16)17)12(19)15-6-4-9(7-15)13-11(18)20-2/h1,9H,4-8H2,2H3,(H,13,18)(H,16,17). The van der Waals surface area contributed by atoms with Crippen LogP contribution in [0.1, 0.15) is 6.42 Å². The molecule has 0 aromatic carbocycles. The van der Waals surface area contributed by atoms with E-state index in [2.05, 4.69) is 16.0 Å². The summed E-state index contributed by atoms with van der Waals surface area (Å²) in [5.41, 5.74) is 0. The lowest BCUT2D eigenvalue weighted by atomic mass is 10.3. The first-order valence-electron chi connectivity index (χ1n) is 6.01. The number of methoxy groups -OCH3 is 1. The minimum absolute atomic E-state index is 0.0727. The fourth-order valence-electron chi connectivity index (χ4n) is 1.94. The highest BCUT2D eigenvalue weighted by Gasteiger charge is 2.30. The van der Waals surface area contributed by atoms with Crippen molar-refractivity contribution in [3.8, 4) is 12.3 Å². The van der Waals surface area contributed by atoms with Crippen LogP contribution in [-0.4, -0.2) is 72.3 Å². The molecule has 1 heterocycles. The van der Waals surface area contributed by atoms with Gasteiger partial charge in [0.15, 0.2) is 0 Å². The molecule has 0 radical (unpaired) electrons. The van der Waals surface area contributed by atoms with Gasteiger partial charge in [-0.3, -0.25) is 4.79 Å². The summed E-state index contributed by atoms with van der Waals surface area (Å²) in [7, 11) is 1.26. The Morgan fingerprint density at radius 2 is 2.25 bits per heavy atom. The van der Waals surface area contributed by atoms with E-state index in [4.69, 9.17) is 11.5 Å². The molecule has 110 valence electrons. The lowest BCUT2D eigenvalue weighted by Crippen LogP contribution is -2.46. The van der Waals surface area contributed by atoms with E-state index in [1.807, 2.05) is 0 Å². The summed E-state index contributed by atoms with van der Waals surface area (Å²) >= 11 is 0. The number of nitrogens with one attached hydrogen (secondary N) is 1. The van der Waals surface area contributed by atoms with E-state index in [0.29, 0.717) is 19.5 Å². The predicted octanol–water partition coefficient (Wildman–Crippen LogP) is -0.443. The summed E-state index contributed by atoms with van der Waals surface area (Å²) in [6.07, 6.45) is 5.15. The number of hydrogen-bond acceptors (Lipinski definition) is 4. The third-order valence-corrected chi connectivity index (χ3v) is 2.84. The van der Waals surface area contributed by atoms with Crippen molar-refractivity contribution in [1.82, 2.24) is 15.1 Å². The number of aliphatic carboxylic acids is 1. The van der Waals surface area contributed by atoms with Gasteiger partial charge in [0, 0.05) is 13.1 Å². The fourth-order valence-corrected chi connectivity index (χ4v) is 1.94. The maximum atomic E-state index is 12.1. The number of carbonyl (C=O) groups excluding carboxylic acids is 2. The second-order valence-electron chi connectivity index (χ2n) is 4.30. The Bertz CT molecular complexity index is 431. The summed E-state index contributed by atoms with van der Waals surface area (Å²) in [5.74, 6) is 1.13.